The summed E-state index contributed by atoms with van der Waals surface area (Å²) in [6.45, 7) is 24.4. The maximum atomic E-state index is 13.3. The van der Waals surface area contributed by atoms with E-state index in [-0.39, 0.29) is 169 Å². The minimum Gasteiger partial charge on any atom is -1.00 e. The summed E-state index contributed by atoms with van der Waals surface area (Å²) in [5.74, 6) is 3.43. The third-order valence-electron chi connectivity index (χ3n) is 17.8. The number of hydrogen-bond acceptors (Lipinski definition) is 27. The van der Waals surface area contributed by atoms with E-state index in [1.165, 1.54) is 31.5 Å². The van der Waals surface area contributed by atoms with Crippen molar-refractivity contribution in [3.63, 3.8) is 0 Å². The first-order chi connectivity index (χ1) is 57.7. The van der Waals surface area contributed by atoms with Gasteiger partial charge in [0.1, 0.15) is 69.0 Å². The number of benzene rings is 7. The van der Waals surface area contributed by atoms with Crippen molar-refractivity contribution in [2.24, 2.45) is 0 Å². The smallest absolute Gasteiger partial charge is 1.00 e. The van der Waals surface area contributed by atoms with Crippen LogP contribution in [-0.2, 0) is 72.8 Å². The number of nitrogens with one attached hydrogen (secondary N) is 2. The topological polar surface area (TPSA) is 490 Å². The van der Waals surface area contributed by atoms with Gasteiger partial charge in [-0.25, -0.2) is 39.2 Å². The van der Waals surface area contributed by atoms with Gasteiger partial charge in [0, 0.05) is 104 Å². The Morgan fingerprint density at radius 1 is 0.504 bits per heavy atom. The van der Waals surface area contributed by atoms with E-state index >= 15 is 0 Å². The largest absolute Gasteiger partial charge is 1.00 e. The van der Waals surface area contributed by atoms with E-state index in [1.807, 2.05) is 164 Å². The van der Waals surface area contributed by atoms with Crippen LogP contribution in [0.2, 0.25) is 0 Å². The third kappa shape index (κ3) is 37.1. The van der Waals surface area contributed by atoms with E-state index in [2.05, 4.69) is 70.7 Å². The molecule has 32 nitrogen and oxygen atoms in total. The Morgan fingerprint density at radius 2 is 0.840 bits per heavy atom. The molecule has 0 saturated heterocycles. The zero-order chi connectivity index (χ0) is 91.0. The van der Waals surface area contributed by atoms with Gasteiger partial charge in [-0.2, -0.15) is 5.10 Å². The van der Waals surface area contributed by atoms with Crippen molar-refractivity contribution in [2.75, 3.05) is 46.4 Å². The summed E-state index contributed by atoms with van der Waals surface area (Å²) in [7, 11) is 1.32. The van der Waals surface area contributed by atoms with Crippen LogP contribution in [0.5, 0.6) is 17.2 Å². The number of nitro groups is 2. The van der Waals surface area contributed by atoms with Crippen LogP contribution in [0.15, 0.2) is 231 Å². The molecule has 13 aromatic rings. The number of fused-ring (bicyclic) bond motifs is 3. The number of anilines is 7. The second kappa shape index (κ2) is 54.9. The molecule has 13 rings (SSSR count). The van der Waals surface area contributed by atoms with Crippen molar-refractivity contribution in [1.82, 2.24) is 34.7 Å². The summed E-state index contributed by atoms with van der Waals surface area (Å²) in [5.41, 5.74) is 32.7. The number of aliphatic hydroxyl groups is 1. The molecule has 0 saturated carbocycles. The van der Waals surface area contributed by atoms with Crippen LogP contribution in [0, 0.1) is 42.0 Å². The Hall–Kier alpha value is -10.8. The van der Waals surface area contributed by atoms with Gasteiger partial charge in [-0.3, -0.25) is 35.1 Å². The number of urea groups is 1. The van der Waals surface area contributed by atoms with Gasteiger partial charge in [0.05, 0.1) is 56.0 Å². The number of nitrogens with two attached hydrogens (primary N) is 5. The van der Waals surface area contributed by atoms with Crippen LogP contribution in [0.25, 0.3) is 38.0 Å². The summed E-state index contributed by atoms with van der Waals surface area (Å²) in [4.78, 5) is 86.7. The molecule has 131 heavy (non-hydrogen) atoms. The zero-order valence-electron chi connectivity index (χ0n) is 75.9. The first-order valence-corrected chi connectivity index (χ1v) is 38.4. The van der Waals surface area contributed by atoms with Gasteiger partial charge in [0.25, 0.3) is 17.8 Å². The number of esters is 2. The molecular weight excluding hydrogens is 1940 g/mol. The molecule has 0 aliphatic carbocycles. The maximum Gasteiger partial charge on any atom is 1.00 e. The van der Waals surface area contributed by atoms with Crippen molar-refractivity contribution in [3.8, 4) is 22.9 Å². The number of nitro benzene ring substituents is 2. The third-order valence-corrected chi connectivity index (χ3v) is 18.0. The normalized spacial score (nSPS) is 10.5. The molecule has 0 aliphatic rings. The van der Waals surface area contributed by atoms with E-state index in [0.29, 0.717) is 85.0 Å². The molecule has 2 amide bonds. The van der Waals surface area contributed by atoms with Gasteiger partial charge in [0.2, 0.25) is 0 Å². The van der Waals surface area contributed by atoms with Crippen LogP contribution in [0.4, 0.5) is 56.8 Å². The average molecular weight is 2050 g/mol. The number of alkyl halides is 3. The Balaban J connectivity index is -0.00000160. The fraction of sp³-hybridized carbons (Fsp3) is 0.239. The molecule has 0 aliphatic heterocycles. The molecule has 0 unspecified atom stereocenters. The van der Waals surface area contributed by atoms with Crippen molar-refractivity contribution in [3.05, 3.63) is 305 Å². The summed E-state index contributed by atoms with van der Waals surface area (Å²) in [6.07, 6.45) is 7.98. The molecule has 6 aromatic heterocycles. The number of rotatable bonds is 17. The van der Waals surface area contributed by atoms with E-state index < -0.39 is 38.3 Å². The summed E-state index contributed by atoms with van der Waals surface area (Å²) in [6, 6.07) is 58.9. The number of pyridine rings is 5. The Bertz CT molecular complexity index is 5750. The SMILES string of the molecule is C.C.CC(=O)OC(Cl)(Cl)Cl.CC(C)(O)c1ccnc(N)c1.CC(C)(Oc1ccc([N+](=O)[O-])c2ccccc12)c1ccnc(N)c1.CC(C)(Oc1ccc([N+](=O)[O-])c2ccccc12)c1ccnc(N)c1.COC(=O)c1ccnc(N)c1.Cc1ccc(-n2nc(C(C)(C)C)cc2NC(=O)Nc2ccc(OC(C)(C)c3ccnc(N)c3)c3ccccc23)cc1.O=CO[O-].[CH3-].[CH3-].[H-].[Li+].[Na+].[Na+].[Pt]. The molecular formula is C92H109Cl3LiN16Na2O16Pt-. The predicted molar refractivity (Wildman–Crippen MR) is 502 cm³/mol. The number of aryl methyl sites for hydroxylation is 1. The van der Waals surface area contributed by atoms with Gasteiger partial charge < -0.3 is 89.2 Å². The van der Waals surface area contributed by atoms with E-state index in [4.69, 9.17) is 92.8 Å². The molecule has 0 bridgehead atoms. The quantitative estimate of drug-likeness (QED) is 0.00613. The second-order valence-corrected chi connectivity index (χ2v) is 32.1. The number of nitrogen functional groups attached to an aromatic ring is 5. The summed E-state index contributed by atoms with van der Waals surface area (Å²) < 4.78 is 27.3. The fourth-order valence-electron chi connectivity index (χ4n) is 11.6. The molecule has 0 atom stereocenters. The summed E-state index contributed by atoms with van der Waals surface area (Å²) >= 11 is 15.0. The molecule has 0 fully saturated rings. The summed E-state index contributed by atoms with van der Waals surface area (Å²) in [5, 5.41) is 55.5. The van der Waals surface area contributed by atoms with Crippen LogP contribution in [-0.4, -0.2) is 85.2 Å². The van der Waals surface area contributed by atoms with E-state index in [0.717, 1.165) is 56.9 Å². The van der Waals surface area contributed by atoms with Gasteiger partial charge in [-0.05, 0) is 229 Å². The number of non-ortho nitro benzene ring substituents is 2. The minimum absolute atomic E-state index is 0. The van der Waals surface area contributed by atoms with Gasteiger partial charge in [-0.1, -0.05) is 114 Å². The number of carbonyl (C=O) groups is 4. The van der Waals surface area contributed by atoms with Crippen LogP contribution >= 0.6 is 34.8 Å². The molecule has 39 heteroatoms. The van der Waals surface area contributed by atoms with Crippen molar-refractivity contribution in [1.29, 1.82) is 0 Å². The van der Waals surface area contributed by atoms with Crippen LogP contribution < -0.4 is 137 Å². The van der Waals surface area contributed by atoms with Crippen molar-refractivity contribution in [2.45, 2.75) is 137 Å². The first-order valence-electron chi connectivity index (χ1n) is 37.3. The minimum atomic E-state index is -1.91. The van der Waals surface area contributed by atoms with Gasteiger partial charge in [0.15, 0.2) is 0 Å². The number of hydrogen-bond donors (Lipinski definition) is 8. The molecule has 688 valence electrons. The number of amides is 2. The standard InChI is InChI=1S/C33H36N6O2.2C18H17N3O3.C8H12N2O.C7H8N2O2.C3H3Cl3O2.CH2O3.2CH4.2CH3.Li.2Na.Pt.H/c1-21-11-13-23(14-12-21)39-30(20-28(38-39)32(2,3)4)37-31(40)36-26-15-16-27(25-10-8-7-9-24(25)26)41-33(5,6)22-17-18-35-29(34)19-22;2*1-18(2,12-9-10-20-17(19)11-12)24-16-8-7-15(21(22)23)13-5-3-4-6-14(13)16;1-8(2,11)6-3-4-10-7(9)5-6;1-11-7(10)5-2-3-9-6(8)4-5;1-2(7)8-3(4,5)6;2-1-4-3;;;;;;;;;/h7-20H,1-6H3,(H2,34,35)(H2,36,37,40);2*3-11H,1-2H3,(H2,19,20);3-5,11H,1-2H3,(H2,9,10);2-4H,1H3,(H2,8,9);1H3;1,3H;2*1H4;2*1H3;;;;;/q;;;;;;;;;2*-1;3*+1;;-1/p-1. The first kappa shape index (κ1) is 122. The number of carbonyl (C=O) groups excluding carboxylic acids is 4. The zero-order valence-corrected chi connectivity index (χ0v) is 83.5. The van der Waals surface area contributed by atoms with Crippen LogP contribution in [0.1, 0.15) is 143 Å². The second-order valence-electron chi connectivity index (χ2n) is 29.9. The number of ether oxygens (including phenoxy) is 5. The van der Waals surface area contributed by atoms with Gasteiger partial charge >= 0.3 is 99.9 Å². The Labute approximate surface area is 850 Å². The number of aromatic nitrogens is 7. The maximum absolute atomic E-state index is 13.3. The number of nitrogens with zero attached hydrogens (tertiary/aromatic N) is 9. The monoisotopic (exact) mass is 2050 g/mol. The molecule has 13 N–H and O–H groups in total. The van der Waals surface area contributed by atoms with E-state index in [1.54, 1.807) is 110 Å². The Morgan fingerprint density at radius 3 is 1.15 bits per heavy atom. The predicted octanol–water partition coefficient (Wildman–Crippen LogP) is 10.6. The number of halogens is 3. The molecule has 6 heterocycles. The Kier molecular flexibility index (Phi) is 51.3. The van der Waals surface area contributed by atoms with E-state index in [9.17, 15) is 39.7 Å². The van der Waals surface area contributed by atoms with Crippen molar-refractivity contribution < 1.29 is 168 Å². The molecule has 0 spiro atoms. The van der Waals surface area contributed by atoms with Crippen LogP contribution in [0.3, 0.4) is 0 Å². The molecule has 7 aromatic carbocycles. The van der Waals surface area contributed by atoms with Gasteiger partial charge in [-0.15, -0.1) is 0 Å². The average Bonchev–Trinajstić information content (AvgIpc) is 0.828. The van der Waals surface area contributed by atoms with Crippen molar-refractivity contribution >= 4 is 144 Å². The fourth-order valence-corrected chi connectivity index (χ4v) is 11.9. The number of methoxy groups -OCH3 is 1. The molecule has 0 radical (unpaired) electrons.